The summed E-state index contributed by atoms with van der Waals surface area (Å²) in [5.41, 5.74) is 2.73. The minimum absolute atomic E-state index is 0.139. The van der Waals surface area contributed by atoms with Gasteiger partial charge in [0.05, 0.1) is 12.2 Å². The fraction of sp³-hybridized carbons (Fsp3) is 0.200. The first kappa shape index (κ1) is 16.0. The summed E-state index contributed by atoms with van der Waals surface area (Å²) in [5, 5.41) is 1.13. The number of fused-ring (bicyclic) bond motifs is 1. The SMILES string of the molecule is CCOC(=O)c1c(C)n(-c2ccc(C)cc2)c(=O)c2ccccc12. The average molecular weight is 321 g/mol. The van der Waals surface area contributed by atoms with Gasteiger partial charge in [-0.15, -0.1) is 0 Å². The van der Waals surface area contributed by atoms with Crippen molar-refractivity contribution in [2.45, 2.75) is 20.8 Å². The monoisotopic (exact) mass is 321 g/mol. The fourth-order valence-electron chi connectivity index (χ4n) is 2.93. The van der Waals surface area contributed by atoms with Crippen LogP contribution in [0.25, 0.3) is 16.5 Å². The molecule has 0 atom stereocenters. The highest BCUT2D eigenvalue weighted by atomic mass is 16.5. The van der Waals surface area contributed by atoms with Gasteiger partial charge in [0.1, 0.15) is 0 Å². The Morgan fingerprint density at radius 3 is 2.25 bits per heavy atom. The van der Waals surface area contributed by atoms with Crippen LogP contribution in [0.5, 0.6) is 0 Å². The van der Waals surface area contributed by atoms with E-state index in [1.54, 1.807) is 36.6 Å². The zero-order valence-corrected chi connectivity index (χ0v) is 14.0. The molecule has 24 heavy (non-hydrogen) atoms. The predicted molar refractivity (Wildman–Crippen MR) is 95.0 cm³/mol. The van der Waals surface area contributed by atoms with Gasteiger partial charge in [-0.25, -0.2) is 4.79 Å². The van der Waals surface area contributed by atoms with E-state index in [-0.39, 0.29) is 12.2 Å². The number of nitrogens with zero attached hydrogens (tertiary/aromatic N) is 1. The quantitative estimate of drug-likeness (QED) is 0.690. The largest absolute Gasteiger partial charge is 0.462 e. The lowest BCUT2D eigenvalue weighted by atomic mass is 10.0. The fourth-order valence-corrected chi connectivity index (χ4v) is 2.93. The normalized spacial score (nSPS) is 10.8. The summed E-state index contributed by atoms with van der Waals surface area (Å²) in [6.45, 7) is 5.82. The molecule has 4 heteroatoms. The first-order valence-corrected chi connectivity index (χ1v) is 7.93. The molecule has 0 aliphatic rings. The molecule has 0 aliphatic carbocycles. The van der Waals surface area contributed by atoms with Crippen LogP contribution in [0.3, 0.4) is 0 Å². The first-order chi connectivity index (χ1) is 11.5. The van der Waals surface area contributed by atoms with Gasteiger partial charge in [-0.1, -0.05) is 35.9 Å². The highest BCUT2D eigenvalue weighted by molar-refractivity contribution is 6.05. The molecule has 3 rings (SSSR count). The number of hydrogen-bond acceptors (Lipinski definition) is 3. The van der Waals surface area contributed by atoms with E-state index >= 15 is 0 Å². The van der Waals surface area contributed by atoms with E-state index in [4.69, 9.17) is 4.74 Å². The molecule has 0 aliphatic heterocycles. The lowest BCUT2D eigenvalue weighted by Crippen LogP contribution is -2.24. The van der Waals surface area contributed by atoms with Gasteiger partial charge in [0.15, 0.2) is 0 Å². The highest BCUT2D eigenvalue weighted by Crippen LogP contribution is 2.23. The number of benzene rings is 2. The van der Waals surface area contributed by atoms with E-state index in [2.05, 4.69) is 0 Å². The van der Waals surface area contributed by atoms with Crippen molar-refractivity contribution in [3.8, 4) is 5.69 Å². The number of aryl methyl sites for hydroxylation is 1. The molecule has 0 bridgehead atoms. The Morgan fingerprint density at radius 1 is 1.00 bits per heavy atom. The molecule has 0 spiro atoms. The topological polar surface area (TPSA) is 48.3 Å². The second kappa shape index (κ2) is 6.32. The van der Waals surface area contributed by atoms with Crippen LogP contribution in [0.4, 0.5) is 0 Å². The summed E-state index contributed by atoms with van der Waals surface area (Å²) in [4.78, 5) is 25.5. The number of rotatable bonds is 3. The van der Waals surface area contributed by atoms with Crippen molar-refractivity contribution < 1.29 is 9.53 Å². The number of ether oxygens (including phenoxy) is 1. The van der Waals surface area contributed by atoms with Crippen molar-refractivity contribution >= 4 is 16.7 Å². The Morgan fingerprint density at radius 2 is 1.62 bits per heavy atom. The zero-order chi connectivity index (χ0) is 17.3. The number of carbonyl (C=O) groups excluding carboxylic acids is 1. The maximum absolute atomic E-state index is 13.0. The Bertz CT molecular complexity index is 969. The van der Waals surface area contributed by atoms with E-state index < -0.39 is 5.97 Å². The van der Waals surface area contributed by atoms with Crippen molar-refractivity contribution in [1.29, 1.82) is 0 Å². The summed E-state index contributed by atoms with van der Waals surface area (Å²) >= 11 is 0. The van der Waals surface area contributed by atoms with Crippen LogP contribution in [0.2, 0.25) is 0 Å². The molecule has 0 radical (unpaired) electrons. The highest BCUT2D eigenvalue weighted by Gasteiger charge is 2.20. The van der Waals surface area contributed by atoms with Crippen LogP contribution in [0, 0.1) is 13.8 Å². The Kier molecular flexibility index (Phi) is 4.21. The van der Waals surface area contributed by atoms with E-state index in [1.807, 2.05) is 37.3 Å². The summed E-state index contributed by atoms with van der Waals surface area (Å²) in [7, 11) is 0. The smallest absolute Gasteiger partial charge is 0.340 e. The van der Waals surface area contributed by atoms with Gasteiger partial charge in [0.2, 0.25) is 0 Å². The lowest BCUT2D eigenvalue weighted by molar-refractivity contribution is 0.0527. The molecule has 1 aromatic heterocycles. The molecule has 4 nitrogen and oxygen atoms in total. The van der Waals surface area contributed by atoms with Gasteiger partial charge in [0, 0.05) is 22.2 Å². The van der Waals surface area contributed by atoms with Crippen LogP contribution < -0.4 is 5.56 Å². The molecule has 0 saturated carbocycles. The van der Waals surface area contributed by atoms with Gasteiger partial charge in [0.25, 0.3) is 5.56 Å². The van der Waals surface area contributed by atoms with Gasteiger partial charge in [-0.05, 0) is 39.0 Å². The molecule has 122 valence electrons. The molecule has 2 aromatic carbocycles. The third-order valence-electron chi connectivity index (χ3n) is 4.10. The zero-order valence-electron chi connectivity index (χ0n) is 14.0. The minimum atomic E-state index is -0.410. The molecular formula is C20H19NO3. The summed E-state index contributed by atoms with van der Waals surface area (Å²) in [5.74, 6) is -0.410. The first-order valence-electron chi connectivity index (χ1n) is 7.93. The van der Waals surface area contributed by atoms with Crippen molar-refractivity contribution in [2.24, 2.45) is 0 Å². The lowest BCUT2D eigenvalue weighted by Gasteiger charge is -2.16. The van der Waals surface area contributed by atoms with Crippen molar-refractivity contribution in [3.05, 3.63) is 75.7 Å². The van der Waals surface area contributed by atoms with Crippen molar-refractivity contribution in [2.75, 3.05) is 6.61 Å². The maximum atomic E-state index is 13.0. The van der Waals surface area contributed by atoms with E-state index in [0.717, 1.165) is 11.3 Å². The third kappa shape index (κ3) is 2.60. The second-order valence-corrected chi connectivity index (χ2v) is 5.70. The third-order valence-corrected chi connectivity index (χ3v) is 4.10. The molecule has 0 saturated heterocycles. The summed E-state index contributed by atoms with van der Waals surface area (Å²) in [6, 6.07) is 14.8. The van der Waals surface area contributed by atoms with Gasteiger partial charge in [-0.3, -0.25) is 9.36 Å². The predicted octanol–water partition coefficient (Wildman–Crippen LogP) is 3.78. The molecule has 0 fully saturated rings. The van der Waals surface area contributed by atoms with Crippen LogP contribution >= 0.6 is 0 Å². The molecular weight excluding hydrogens is 302 g/mol. The van der Waals surface area contributed by atoms with Crippen molar-refractivity contribution in [3.63, 3.8) is 0 Å². The number of pyridine rings is 1. The number of esters is 1. The molecule has 3 aromatic rings. The Labute approximate surface area is 140 Å². The average Bonchev–Trinajstić information content (AvgIpc) is 2.57. The molecule has 0 N–H and O–H groups in total. The number of hydrogen-bond donors (Lipinski definition) is 0. The number of carbonyl (C=O) groups is 1. The van der Waals surface area contributed by atoms with Gasteiger partial charge >= 0.3 is 5.97 Å². The molecule has 1 heterocycles. The summed E-state index contributed by atoms with van der Waals surface area (Å²) < 4.78 is 6.79. The van der Waals surface area contributed by atoms with Crippen molar-refractivity contribution in [1.82, 2.24) is 4.57 Å². The standard InChI is InChI=1S/C20H19NO3/c1-4-24-20(23)18-14(3)21(15-11-9-13(2)10-12-15)19(22)17-8-6-5-7-16(17)18/h5-12H,4H2,1-3H3. The van der Waals surface area contributed by atoms with Gasteiger partial charge in [-0.2, -0.15) is 0 Å². The van der Waals surface area contributed by atoms with Crippen LogP contribution in [-0.2, 0) is 4.74 Å². The molecule has 0 unspecified atom stereocenters. The van der Waals surface area contributed by atoms with E-state index in [1.165, 1.54) is 0 Å². The Hall–Kier alpha value is -2.88. The van der Waals surface area contributed by atoms with Crippen LogP contribution in [0.1, 0.15) is 28.5 Å². The molecule has 0 amide bonds. The van der Waals surface area contributed by atoms with E-state index in [0.29, 0.717) is 22.0 Å². The maximum Gasteiger partial charge on any atom is 0.340 e. The van der Waals surface area contributed by atoms with Crippen LogP contribution in [-0.4, -0.2) is 17.1 Å². The number of aromatic nitrogens is 1. The Balaban J connectivity index is 2.40. The minimum Gasteiger partial charge on any atom is -0.462 e. The van der Waals surface area contributed by atoms with Gasteiger partial charge < -0.3 is 4.74 Å². The van der Waals surface area contributed by atoms with Crippen LogP contribution in [0.15, 0.2) is 53.3 Å². The van der Waals surface area contributed by atoms with E-state index in [9.17, 15) is 9.59 Å². The second-order valence-electron chi connectivity index (χ2n) is 5.70. The summed E-state index contributed by atoms with van der Waals surface area (Å²) in [6.07, 6.45) is 0.